The second kappa shape index (κ2) is 6.47. The topological polar surface area (TPSA) is 152 Å². The predicted octanol–water partition coefficient (Wildman–Crippen LogP) is -0.873. The van der Waals surface area contributed by atoms with Crippen LogP contribution in [0.25, 0.3) is 0 Å². The number of sulfone groups is 2. The first-order valence-corrected chi connectivity index (χ1v) is 8.92. The fourth-order valence-corrected chi connectivity index (χ4v) is 3.79. The van der Waals surface area contributed by atoms with Gasteiger partial charge in [0.2, 0.25) is 0 Å². The van der Waals surface area contributed by atoms with Gasteiger partial charge in [0.25, 0.3) is 5.69 Å². The van der Waals surface area contributed by atoms with Gasteiger partial charge in [0.05, 0.1) is 34.5 Å². The molecule has 21 heavy (non-hydrogen) atoms. The molecule has 11 heteroatoms. The van der Waals surface area contributed by atoms with Crippen molar-refractivity contribution < 1.29 is 32.0 Å². The SMILES string of the molecule is O=[N+]([O-])c1cc(S(=O)(=O)CCO)ccc1S(=O)(=O)CCO. The standard InChI is InChI=1S/C10H13NO8S2/c12-3-5-20(16,17)8-1-2-10(9(7-8)11(14)15)21(18,19)6-4-13/h1-2,7,12-13H,3-6H2. The highest BCUT2D eigenvalue weighted by atomic mass is 32.2. The predicted molar refractivity (Wildman–Crippen MR) is 71.4 cm³/mol. The van der Waals surface area contributed by atoms with Crippen LogP contribution in [-0.2, 0) is 19.7 Å². The Hall–Kier alpha value is -1.56. The summed E-state index contributed by atoms with van der Waals surface area (Å²) in [6.07, 6.45) is 0. The molecule has 0 radical (unpaired) electrons. The minimum absolute atomic E-state index is 0.453. The fourth-order valence-electron chi connectivity index (χ4n) is 1.56. The summed E-state index contributed by atoms with van der Waals surface area (Å²) in [5.74, 6) is -1.34. The van der Waals surface area contributed by atoms with Crippen LogP contribution >= 0.6 is 0 Å². The van der Waals surface area contributed by atoms with E-state index in [4.69, 9.17) is 10.2 Å². The van der Waals surface area contributed by atoms with Crippen LogP contribution in [0.4, 0.5) is 5.69 Å². The van der Waals surface area contributed by atoms with Crippen LogP contribution in [0.1, 0.15) is 0 Å². The molecule has 0 heterocycles. The average molecular weight is 339 g/mol. The summed E-state index contributed by atoms with van der Waals surface area (Å²) in [7, 11) is -8.04. The zero-order valence-electron chi connectivity index (χ0n) is 10.7. The number of hydrogen-bond acceptors (Lipinski definition) is 8. The minimum atomic E-state index is -4.10. The van der Waals surface area contributed by atoms with E-state index in [0.29, 0.717) is 6.07 Å². The van der Waals surface area contributed by atoms with Crippen LogP contribution in [0.15, 0.2) is 28.0 Å². The van der Waals surface area contributed by atoms with Crippen LogP contribution in [-0.4, -0.2) is 56.7 Å². The maximum absolute atomic E-state index is 11.8. The van der Waals surface area contributed by atoms with Crippen molar-refractivity contribution >= 4 is 25.4 Å². The van der Waals surface area contributed by atoms with Crippen molar-refractivity contribution in [2.24, 2.45) is 0 Å². The van der Waals surface area contributed by atoms with E-state index in [-0.39, 0.29) is 0 Å². The van der Waals surface area contributed by atoms with E-state index < -0.39 is 64.8 Å². The van der Waals surface area contributed by atoms with Crippen molar-refractivity contribution in [3.63, 3.8) is 0 Å². The summed E-state index contributed by atoms with van der Waals surface area (Å²) in [5, 5.41) is 28.3. The smallest absolute Gasteiger partial charge is 0.289 e. The van der Waals surface area contributed by atoms with Gasteiger partial charge in [-0.15, -0.1) is 0 Å². The number of nitrogens with zero attached hydrogens (tertiary/aromatic N) is 1. The molecule has 0 saturated heterocycles. The second-order valence-corrected chi connectivity index (χ2v) is 8.16. The van der Waals surface area contributed by atoms with Crippen LogP contribution in [0.5, 0.6) is 0 Å². The quantitative estimate of drug-likeness (QED) is 0.480. The van der Waals surface area contributed by atoms with Gasteiger partial charge < -0.3 is 10.2 Å². The molecule has 118 valence electrons. The lowest BCUT2D eigenvalue weighted by molar-refractivity contribution is -0.388. The first-order valence-electron chi connectivity index (χ1n) is 5.61. The monoisotopic (exact) mass is 339 g/mol. The lowest BCUT2D eigenvalue weighted by Gasteiger charge is -2.07. The van der Waals surface area contributed by atoms with E-state index in [1.54, 1.807) is 0 Å². The molecule has 0 saturated carbocycles. The Morgan fingerprint density at radius 2 is 1.52 bits per heavy atom. The summed E-state index contributed by atoms with van der Waals surface area (Å²) in [5.41, 5.74) is -0.887. The van der Waals surface area contributed by atoms with Gasteiger partial charge in [-0.1, -0.05) is 0 Å². The number of rotatable bonds is 7. The van der Waals surface area contributed by atoms with Gasteiger partial charge in [0, 0.05) is 6.07 Å². The van der Waals surface area contributed by atoms with E-state index in [2.05, 4.69) is 0 Å². The normalized spacial score (nSPS) is 12.3. The lowest BCUT2D eigenvalue weighted by Crippen LogP contribution is -2.14. The lowest BCUT2D eigenvalue weighted by atomic mass is 10.3. The summed E-state index contributed by atoms with van der Waals surface area (Å²) >= 11 is 0. The minimum Gasteiger partial charge on any atom is -0.395 e. The van der Waals surface area contributed by atoms with Crippen LogP contribution in [0.3, 0.4) is 0 Å². The van der Waals surface area contributed by atoms with Gasteiger partial charge in [-0.3, -0.25) is 10.1 Å². The van der Waals surface area contributed by atoms with E-state index in [0.717, 1.165) is 12.1 Å². The van der Waals surface area contributed by atoms with Crippen LogP contribution in [0.2, 0.25) is 0 Å². The Kier molecular flexibility index (Phi) is 5.39. The Labute approximate surface area is 120 Å². The van der Waals surface area contributed by atoms with Gasteiger partial charge >= 0.3 is 0 Å². The van der Waals surface area contributed by atoms with E-state index >= 15 is 0 Å². The van der Waals surface area contributed by atoms with Crippen molar-refractivity contribution in [3.8, 4) is 0 Å². The highest BCUT2D eigenvalue weighted by molar-refractivity contribution is 7.92. The molecular weight excluding hydrogens is 326 g/mol. The number of aliphatic hydroxyl groups excluding tert-OH is 2. The molecule has 0 aliphatic rings. The van der Waals surface area contributed by atoms with Gasteiger partial charge in [0.1, 0.15) is 4.90 Å². The van der Waals surface area contributed by atoms with Crippen molar-refractivity contribution in [3.05, 3.63) is 28.3 Å². The first kappa shape index (κ1) is 17.5. The highest BCUT2D eigenvalue weighted by Crippen LogP contribution is 2.28. The number of aliphatic hydroxyl groups is 2. The maximum atomic E-state index is 11.8. The third-order valence-corrected chi connectivity index (χ3v) is 5.97. The van der Waals surface area contributed by atoms with Gasteiger partial charge in [-0.05, 0) is 12.1 Å². The molecule has 0 unspecified atom stereocenters. The molecular formula is C10H13NO8S2. The summed E-state index contributed by atoms with van der Waals surface area (Å²) in [6.45, 7) is -1.38. The van der Waals surface area contributed by atoms with Gasteiger partial charge in [-0.25, -0.2) is 16.8 Å². The number of nitro benzene ring substituents is 1. The van der Waals surface area contributed by atoms with Gasteiger partial charge in [-0.2, -0.15) is 0 Å². The molecule has 1 aromatic carbocycles. The molecule has 0 amide bonds. The zero-order valence-corrected chi connectivity index (χ0v) is 12.3. The van der Waals surface area contributed by atoms with Crippen molar-refractivity contribution in [1.29, 1.82) is 0 Å². The number of benzene rings is 1. The van der Waals surface area contributed by atoms with E-state index in [9.17, 15) is 26.9 Å². The molecule has 1 aromatic rings. The van der Waals surface area contributed by atoms with Gasteiger partial charge in [0.15, 0.2) is 19.7 Å². The third-order valence-electron chi connectivity index (χ3n) is 2.54. The molecule has 0 aliphatic heterocycles. The van der Waals surface area contributed by atoms with Crippen molar-refractivity contribution in [2.75, 3.05) is 24.7 Å². The summed E-state index contributed by atoms with van der Waals surface area (Å²) in [4.78, 5) is 8.82. The largest absolute Gasteiger partial charge is 0.395 e. The third kappa shape index (κ3) is 3.97. The highest BCUT2D eigenvalue weighted by Gasteiger charge is 2.28. The fraction of sp³-hybridized carbons (Fsp3) is 0.400. The Bertz CT molecular complexity index is 738. The number of hydrogen-bond donors (Lipinski definition) is 2. The molecule has 0 bridgehead atoms. The molecule has 0 atom stereocenters. The van der Waals surface area contributed by atoms with Crippen molar-refractivity contribution in [2.45, 2.75) is 9.79 Å². The summed E-state index contributed by atoms with van der Waals surface area (Å²) in [6, 6.07) is 2.37. The van der Waals surface area contributed by atoms with Crippen LogP contribution in [0, 0.1) is 10.1 Å². The Balaban J connectivity index is 3.50. The molecule has 0 aromatic heterocycles. The molecule has 0 aliphatic carbocycles. The summed E-state index contributed by atoms with van der Waals surface area (Å²) < 4.78 is 47.0. The van der Waals surface area contributed by atoms with E-state index in [1.165, 1.54) is 0 Å². The molecule has 0 spiro atoms. The average Bonchev–Trinajstić information content (AvgIpc) is 2.37. The van der Waals surface area contributed by atoms with E-state index in [1.807, 2.05) is 0 Å². The second-order valence-electron chi connectivity index (χ2n) is 3.97. The molecule has 9 nitrogen and oxygen atoms in total. The van der Waals surface area contributed by atoms with Crippen molar-refractivity contribution in [1.82, 2.24) is 0 Å². The van der Waals surface area contributed by atoms with Crippen LogP contribution < -0.4 is 0 Å². The first-order chi connectivity index (χ1) is 9.65. The zero-order chi connectivity index (χ0) is 16.3. The Morgan fingerprint density at radius 1 is 1.00 bits per heavy atom. The molecule has 0 fully saturated rings. The Morgan fingerprint density at radius 3 is 2.00 bits per heavy atom. The maximum Gasteiger partial charge on any atom is 0.289 e. The molecule has 2 N–H and O–H groups in total. The number of nitro groups is 1. The molecule has 1 rings (SSSR count).